The number of methoxy groups -OCH3 is 1. The lowest BCUT2D eigenvalue weighted by Gasteiger charge is -2.23. The van der Waals surface area contributed by atoms with Crippen LogP contribution in [0.2, 0.25) is 0 Å². The van der Waals surface area contributed by atoms with E-state index in [-0.39, 0.29) is 12.5 Å². The summed E-state index contributed by atoms with van der Waals surface area (Å²) < 4.78 is 31.5. The van der Waals surface area contributed by atoms with E-state index in [1.165, 1.54) is 10.6 Å². The summed E-state index contributed by atoms with van der Waals surface area (Å²) in [6.45, 7) is 6.01. The molecule has 6 nitrogen and oxygen atoms in total. The predicted molar refractivity (Wildman–Crippen MR) is 129 cm³/mol. The average Bonchev–Trinajstić information content (AvgIpc) is 2.74. The molecule has 0 spiro atoms. The minimum Gasteiger partial charge on any atom is -0.497 e. The first-order valence-electron chi connectivity index (χ1n) is 10.2. The van der Waals surface area contributed by atoms with Crippen molar-refractivity contribution in [1.29, 1.82) is 0 Å². The molecule has 1 amide bonds. The minimum atomic E-state index is -3.47. The van der Waals surface area contributed by atoms with Gasteiger partial charge in [-0.15, -0.1) is 0 Å². The van der Waals surface area contributed by atoms with Gasteiger partial charge in [0.2, 0.25) is 10.0 Å². The van der Waals surface area contributed by atoms with Crippen molar-refractivity contribution in [1.82, 2.24) is 0 Å². The lowest BCUT2D eigenvalue weighted by Crippen LogP contribution is -2.29. The Morgan fingerprint density at radius 2 is 1.56 bits per heavy atom. The van der Waals surface area contributed by atoms with E-state index in [1.54, 1.807) is 25.3 Å². The van der Waals surface area contributed by atoms with Gasteiger partial charge in [-0.05, 0) is 79.4 Å². The molecule has 0 heterocycles. The zero-order valence-electron chi connectivity index (χ0n) is 19.0. The first-order chi connectivity index (χ1) is 15.1. The molecule has 1 N–H and O–H groups in total. The first kappa shape index (κ1) is 23.3. The molecule has 0 radical (unpaired) electrons. The number of hydrogen-bond donors (Lipinski definition) is 1. The Morgan fingerprint density at radius 3 is 2.16 bits per heavy atom. The van der Waals surface area contributed by atoms with Crippen LogP contribution in [0.5, 0.6) is 5.75 Å². The van der Waals surface area contributed by atoms with Gasteiger partial charge in [0.15, 0.2) is 0 Å². The molecule has 0 unspecified atom stereocenters. The third kappa shape index (κ3) is 5.48. The second kappa shape index (κ2) is 9.44. The molecular weight excluding hydrogens is 424 g/mol. The second-order valence-corrected chi connectivity index (χ2v) is 9.78. The van der Waals surface area contributed by atoms with Crippen molar-refractivity contribution in [2.45, 2.75) is 27.3 Å². The SMILES string of the molecule is COc1ccc(C)c(C(=O)Nc2ccc(CN(c3ccc(C)c(C)c3)S(C)(=O)=O)cc2)c1. The van der Waals surface area contributed by atoms with E-state index in [2.05, 4.69) is 5.32 Å². The highest BCUT2D eigenvalue weighted by molar-refractivity contribution is 7.92. The van der Waals surface area contributed by atoms with Crippen LogP contribution < -0.4 is 14.4 Å². The number of anilines is 2. The van der Waals surface area contributed by atoms with Crippen LogP contribution in [0.4, 0.5) is 11.4 Å². The Labute approximate surface area is 189 Å². The number of nitrogens with zero attached hydrogens (tertiary/aromatic N) is 1. The van der Waals surface area contributed by atoms with Gasteiger partial charge in [-0.25, -0.2) is 8.42 Å². The fraction of sp³-hybridized carbons (Fsp3) is 0.240. The first-order valence-corrected chi connectivity index (χ1v) is 12.0. The molecule has 0 saturated carbocycles. The smallest absolute Gasteiger partial charge is 0.256 e. The summed E-state index contributed by atoms with van der Waals surface area (Å²) >= 11 is 0. The fourth-order valence-corrected chi connectivity index (χ4v) is 4.19. The van der Waals surface area contributed by atoms with Crippen LogP contribution in [0.15, 0.2) is 60.7 Å². The van der Waals surface area contributed by atoms with E-state index >= 15 is 0 Å². The molecule has 0 fully saturated rings. The Hall–Kier alpha value is -3.32. The second-order valence-electron chi connectivity index (χ2n) is 7.87. The van der Waals surface area contributed by atoms with Crippen LogP contribution in [0.1, 0.15) is 32.6 Å². The molecule has 0 aromatic heterocycles. The summed E-state index contributed by atoms with van der Waals surface area (Å²) in [5.74, 6) is 0.380. The maximum atomic E-state index is 12.7. The van der Waals surface area contributed by atoms with Gasteiger partial charge in [-0.1, -0.05) is 24.3 Å². The molecule has 0 aliphatic rings. The summed E-state index contributed by atoms with van der Waals surface area (Å²) in [5, 5.41) is 2.88. The van der Waals surface area contributed by atoms with Crippen molar-refractivity contribution in [3.8, 4) is 5.75 Å². The van der Waals surface area contributed by atoms with Crippen LogP contribution >= 0.6 is 0 Å². The molecule has 168 valence electrons. The Morgan fingerprint density at radius 1 is 0.906 bits per heavy atom. The van der Waals surface area contributed by atoms with E-state index in [9.17, 15) is 13.2 Å². The van der Waals surface area contributed by atoms with Crippen molar-refractivity contribution < 1.29 is 17.9 Å². The highest BCUT2D eigenvalue weighted by Crippen LogP contribution is 2.24. The largest absolute Gasteiger partial charge is 0.497 e. The molecule has 0 aliphatic heterocycles. The number of hydrogen-bond acceptors (Lipinski definition) is 4. The number of sulfonamides is 1. The number of carbonyl (C=O) groups is 1. The Balaban J connectivity index is 1.78. The lowest BCUT2D eigenvalue weighted by atomic mass is 10.1. The lowest BCUT2D eigenvalue weighted by molar-refractivity contribution is 0.102. The van der Waals surface area contributed by atoms with E-state index in [0.717, 1.165) is 22.3 Å². The number of aryl methyl sites for hydroxylation is 3. The van der Waals surface area contributed by atoms with Gasteiger partial charge in [-0.2, -0.15) is 0 Å². The molecule has 3 aromatic carbocycles. The number of rotatable bonds is 7. The van der Waals surface area contributed by atoms with Crippen LogP contribution in [0.25, 0.3) is 0 Å². The monoisotopic (exact) mass is 452 g/mol. The molecule has 0 atom stereocenters. The molecule has 32 heavy (non-hydrogen) atoms. The fourth-order valence-electron chi connectivity index (χ4n) is 3.31. The Bertz CT molecular complexity index is 1240. The number of carbonyl (C=O) groups excluding carboxylic acids is 1. The normalized spacial score (nSPS) is 11.2. The third-order valence-corrected chi connectivity index (χ3v) is 6.55. The zero-order valence-corrected chi connectivity index (χ0v) is 19.8. The number of nitrogens with one attached hydrogen (secondary N) is 1. The molecule has 0 aliphatic carbocycles. The maximum Gasteiger partial charge on any atom is 0.256 e. The minimum absolute atomic E-state index is 0.199. The number of amides is 1. The Kier molecular flexibility index (Phi) is 6.89. The van der Waals surface area contributed by atoms with Gasteiger partial charge in [0, 0.05) is 11.3 Å². The van der Waals surface area contributed by atoms with Crippen molar-refractivity contribution in [2.75, 3.05) is 23.0 Å². The summed E-state index contributed by atoms with van der Waals surface area (Å²) in [7, 11) is -1.91. The molecule has 3 aromatic rings. The van der Waals surface area contributed by atoms with Gasteiger partial charge in [0.05, 0.1) is 25.6 Å². The molecule has 0 saturated heterocycles. The topological polar surface area (TPSA) is 75.7 Å². The summed E-state index contributed by atoms with van der Waals surface area (Å²) in [6.07, 6.45) is 1.20. The number of ether oxygens (including phenoxy) is 1. The van der Waals surface area contributed by atoms with E-state index < -0.39 is 10.0 Å². The average molecular weight is 453 g/mol. The predicted octanol–water partition coefficient (Wildman–Crippen LogP) is 4.84. The zero-order chi connectivity index (χ0) is 23.5. The van der Waals surface area contributed by atoms with Crippen LogP contribution in [-0.4, -0.2) is 27.7 Å². The van der Waals surface area contributed by atoms with Crippen molar-refractivity contribution in [2.24, 2.45) is 0 Å². The molecular formula is C25H28N2O4S. The molecule has 0 bridgehead atoms. The van der Waals surface area contributed by atoms with E-state index in [1.807, 2.05) is 63.2 Å². The number of benzene rings is 3. The van der Waals surface area contributed by atoms with Gasteiger partial charge < -0.3 is 10.1 Å². The maximum absolute atomic E-state index is 12.7. The standard InChI is InChI=1S/C25H28N2O4S/c1-17-6-12-22(14-19(17)3)27(32(5,29)30)16-20-8-10-21(11-9-20)26-25(28)24-15-23(31-4)13-7-18(24)2/h6-15H,16H2,1-5H3,(H,26,28). The highest BCUT2D eigenvalue weighted by Gasteiger charge is 2.18. The highest BCUT2D eigenvalue weighted by atomic mass is 32.2. The van der Waals surface area contributed by atoms with E-state index in [0.29, 0.717) is 22.7 Å². The van der Waals surface area contributed by atoms with Crippen LogP contribution in [0, 0.1) is 20.8 Å². The molecule has 7 heteroatoms. The summed E-state index contributed by atoms with van der Waals surface area (Å²) in [4.78, 5) is 12.7. The summed E-state index contributed by atoms with van der Waals surface area (Å²) in [6, 6.07) is 18.1. The van der Waals surface area contributed by atoms with E-state index in [4.69, 9.17) is 4.74 Å². The van der Waals surface area contributed by atoms with Crippen molar-refractivity contribution in [3.63, 3.8) is 0 Å². The van der Waals surface area contributed by atoms with Gasteiger partial charge >= 0.3 is 0 Å². The van der Waals surface area contributed by atoms with Gasteiger partial charge in [0.25, 0.3) is 5.91 Å². The van der Waals surface area contributed by atoms with Crippen molar-refractivity contribution in [3.05, 3.63) is 88.5 Å². The van der Waals surface area contributed by atoms with Crippen LogP contribution in [0.3, 0.4) is 0 Å². The molecule has 3 rings (SSSR count). The van der Waals surface area contributed by atoms with Gasteiger partial charge in [0.1, 0.15) is 5.75 Å². The van der Waals surface area contributed by atoms with Crippen molar-refractivity contribution >= 4 is 27.3 Å². The third-order valence-electron chi connectivity index (χ3n) is 5.41. The quantitative estimate of drug-likeness (QED) is 0.557. The summed E-state index contributed by atoms with van der Waals surface area (Å²) in [5.41, 5.74) is 5.57. The van der Waals surface area contributed by atoms with Gasteiger partial charge in [-0.3, -0.25) is 9.10 Å². The van der Waals surface area contributed by atoms with Crippen LogP contribution in [-0.2, 0) is 16.6 Å².